The zero-order valence-corrected chi connectivity index (χ0v) is 17.1. The summed E-state index contributed by atoms with van der Waals surface area (Å²) in [6, 6.07) is 5.44. The molecule has 144 valence electrons. The number of thiophene rings is 1. The van der Waals surface area contributed by atoms with Crippen molar-refractivity contribution in [1.29, 1.82) is 0 Å². The van der Waals surface area contributed by atoms with Gasteiger partial charge in [0.15, 0.2) is 16.6 Å². The van der Waals surface area contributed by atoms with E-state index >= 15 is 0 Å². The van der Waals surface area contributed by atoms with E-state index in [4.69, 9.17) is 26.4 Å². The van der Waals surface area contributed by atoms with Crippen LogP contribution in [0.25, 0.3) is 0 Å². The van der Waals surface area contributed by atoms with Gasteiger partial charge in [-0.25, -0.2) is 4.79 Å². The zero-order valence-electron chi connectivity index (χ0n) is 15.5. The van der Waals surface area contributed by atoms with E-state index in [0.29, 0.717) is 22.2 Å². The number of hydrogen-bond acceptors (Lipinski definition) is 6. The fourth-order valence-electron chi connectivity index (χ4n) is 3.15. The number of rotatable bonds is 5. The Balaban J connectivity index is 1.80. The molecular formula is C19H22N2O4S2. The van der Waals surface area contributed by atoms with Crippen molar-refractivity contribution in [2.75, 3.05) is 32.0 Å². The molecule has 0 bridgehead atoms. The van der Waals surface area contributed by atoms with Crippen molar-refractivity contribution in [3.05, 3.63) is 34.2 Å². The predicted molar refractivity (Wildman–Crippen MR) is 112 cm³/mol. The standard InChI is InChI=1S/C19H22N2O4S2/c1-23-13-9-8-11(10-14(13)24-2)20-19(26)21-17-16(18(22)25-3)12-6-4-5-7-15(12)27-17/h8-10H,4-7H2,1-3H3,(H2,20,21,26). The fourth-order valence-corrected chi connectivity index (χ4v) is 4.72. The second-order valence-corrected chi connectivity index (χ2v) is 7.57. The highest BCUT2D eigenvalue weighted by atomic mass is 32.1. The molecule has 1 aromatic carbocycles. The number of nitrogens with one attached hydrogen (secondary N) is 2. The second kappa shape index (κ2) is 8.58. The molecule has 3 rings (SSSR count). The number of methoxy groups -OCH3 is 3. The van der Waals surface area contributed by atoms with Gasteiger partial charge in [-0.15, -0.1) is 11.3 Å². The number of fused-ring (bicyclic) bond motifs is 1. The van der Waals surface area contributed by atoms with Gasteiger partial charge in [0, 0.05) is 16.6 Å². The quantitative estimate of drug-likeness (QED) is 0.568. The lowest BCUT2D eigenvalue weighted by molar-refractivity contribution is 0.0601. The molecule has 0 amide bonds. The maximum absolute atomic E-state index is 12.3. The van der Waals surface area contributed by atoms with Crippen molar-refractivity contribution >= 4 is 45.3 Å². The van der Waals surface area contributed by atoms with Gasteiger partial charge < -0.3 is 24.8 Å². The van der Waals surface area contributed by atoms with E-state index < -0.39 is 0 Å². The lowest BCUT2D eigenvalue weighted by atomic mass is 9.95. The molecule has 1 heterocycles. The molecule has 0 atom stereocenters. The number of ether oxygens (including phenoxy) is 3. The Morgan fingerprint density at radius 1 is 1.07 bits per heavy atom. The van der Waals surface area contributed by atoms with E-state index in [1.807, 2.05) is 6.07 Å². The van der Waals surface area contributed by atoms with Crippen LogP contribution in [0.2, 0.25) is 0 Å². The van der Waals surface area contributed by atoms with Crippen LogP contribution < -0.4 is 20.1 Å². The first-order chi connectivity index (χ1) is 13.1. The number of thiocarbonyl (C=S) groups is 1. The Morgan fingerprint density at radius 3 is 2.52 bits per heavy atom. The first-order valence-corrected chi connectivity index (χ1v) is 9.82. The van der Waals surface area contributed by atoms with Gasteiger partial charge in [-0.1, -0.05) is 0 Å². The lowest BCUT2D eigenvalue weighted by Crippen LogP contribution is -2.20. The zero-order chi connectivity index (χ0) is 19.4. The Morgan fingerprint density at radius 2 is 1.81 bits per heavy atom. The molecule has 1 aromatic heterocycles. The van der Waals surface area contributed by atoms with Gasteiger partial charge in [-0.2, -0.15) is 0 Å². The third-order valence-corrected chi connectivity index (χ3v) is 5.84. The van der Waals surface area contributed by atoms with Gasteiger partial charge in [0.25, 0.3) is 0 Å². The monoisotopic (exact) mass is 406 g/mol. The van der Waals surface area contributed by atoms with Crippen molar-refractivity contribution in [2.24, 2.45) is 0 Å². The van der Waals surface area contributed by atoms with Gasteiger partial charge >= 0.3 is 5.97 Å². The minimum absolute atomic E-state index is 0.328. The summed E-state index contributed by atoms with van der Waals surface area (Å²) in [4.78, 5) is 13.5. The maximum Gasteiger partial charge on any atom is 0.341 e. The molecular weight excluding hydrogens is 384 g/mol. The van der Waals surface area contributed by atoms with Crippen LogP contribution in [0.5, 0.6) is 11.5 Å². The van der Waals surface area contributed by atoms with Crippen LogP contribution in [0.1, 0.15) is 33.6 Å². The van der Waals surface area contributed by atoms with Crippen LogP contribution in [0.3, 0.4) is 0 Å². The van der Waals surface area contributed by atoms with E-state index in [0.717, 1.165) is 41.9 Å². The van der Waals surface area contributed by atoms with E-state index in [9.17, 15) is 4.79 Å². The highest BCUT2D eigenvalue weighted by Gasteiger charge is 2.26. The summed E-state index contributed by atoms with van der Waals surface area (Å²) in [6.07, 6.45) is 4.11. The van der Waals surface area contributed by atoms with Crippen molar-refractivity contribution < 1.29 is 19.0 Å². The molecule has 1 aliphatic carbocycles. The van der Waals surface area contributed by atoms with Gasteiger partial charge in [0.05, 0.1) is 26.9 Å². The smallest absolute Gasteiger partial charge is 0.341 e. The molecule has 0 unspecified atom stereocenters. The maximum atomic E-state index is 12.3. The molecule has 0 radical (unpaired) electrons. The minimum Gasteiger partial charge on any atom is -0.493 e. The first-order valence-electron chi connectivity index (χ1n) is 8.60. The molecule has 27 heavy (non-hydrogen) atoms. The van der Waals surface area contributed by atoms with E-state index in [1.54, 1.807) is 37.7 Å². The number of esters is 1. The molecule has 2 aromatic rings. The van der Waals surface area contributed by atoms with Crippen molar-refractivity contribution in [3.63, 3.8) is 0 Å². The van der Waals surface area contributed by atoms with E-state index in [-0.39, 0.29) is 5.97 Å². The van der Waals surface area contributed by atoms with Crippen LogP contribution in [0.15, 0.2) is 18.2 Å². The third-order valence-electron chi connectivity index (χ3n) is 4.43. The molecule has 6 nitrogen and oxygen atoms in total. The van der Waals surface area contributed by atoms with Crippen LogP contribution >= 0.6 is 23.6 Å². The molecule has 2 N–H and O–H groups in total. The summed E-state index contributed by atoms with van der Waals surface area (Å²) in [7, 11) is 4.57. The average molecular weight is 407 g/mol. The van der Waals surface area contributed by atoms with Crippen LogP contribution in [0, 0.1) is 0 Å². The van der Waals surface area contributed by atoms with Gasteiger partial charge in [0.2, 0.25) is 0 Å². The second-order valence-electron chi connectivity index (χ2n) is 6.06. The molecule has 0 saturated heterocycles. The Kier molecular flexibility index (Phi) is 6.18. The van der Waals surface area contributed by atoms with Gasteiger partial charge in [-0.3, -0.25) is 0 Å². The highest BCUT2D eigenvalue weighted by molar-refractivity contribution is 7.80. The number of carbonyl (C=O) groups is 1. The SMILES string of the molecule is COC(=O)c1c(NC(=S)Nc2ccc(OC)c(OC)c2)sc2c1CCCC2. The normalized spacial score (nSPS) is 12.7. The number of hydrogen-bond donors (Lipinski definition) is 2. The summed E-state index contributed by atoms with van der Waals surface area (Å²) >= 11 is 7.02. The van der Waals surface area contributed by atoms with Gasteiger partial charge in [-0.05, 0) is 55.6 Å². The van der Waals surface area contributed by atoms with Crippen molar-refractivity contribution in [2.45, 2.75) is 25.7 Å². The van der Waals surface area contributed by atoms with Crippen LogP contribution in [-0.4, -0.2) is 32.4 Å². The Bertz CT molecular complexity index is 864. The predicted octanol–water partition coefficient (Wildman–Crippen LogP) is 4.24. The summed E-state index contributed by atoms with van der Waals surface area (Å²) < 4.78 is 15.5. The van der Waals surface area contributed by atoms with Crippen LogP contribution in [-0.2, 0) is 17.6 Å². The fraction of sp³-hybridized carbons (Fsp3) is 0.368. The van der Waals surface area contributed by atoms with Crippen molar-refractivity contribution in [3.8, 4) is 11.5 Å². The lowest BCUT2D eigenvalue weighted by Gasteiger charge is -2.13. The summed E-state index contributed by atoms with van der Waals surface area (Å²) in [6.45, 7) is 0. The Labute approximate surface area is 167 Å². The van der Waals surface area contributed by atoms with E-state index in [1.165, 1.54) is 12.0 Å². The number of anilines is 2. The average Bonchev–Trinajstić information content (AvgIpc) is 3.04. The molecule has 8 heteroatoms. The molecule has 0 aliphatic heterocycles. The van der Waals surface area contributed by atoms with E-state index in [2.05, 4.69) is 10.6 Å². The molecule has 0 fully saturated rings. The van der Waals surface area contributed by atoms with Gasteiger partial charge in [0.1, 0.15) is 5.00 Å². The molecule has 0 saturated carbocycles. The first kappa shape index (κ1) is 19.4. The summed E-state index contributed by atoms with van der Waals surface area (Å²) in [5.74, 6) is 0.916. The molecule has 1 aliphatic rings. The largest absolute Gasteiger partial charge is 0.493 e. The molecule has 0 spiro atoms. The van der Waals surface area contributed by atoms with Crippen molar-refractivity contribution in [1.82, 2.24) is 0 Å². The number of benzene rings is 1. The third kappa shape index (κ3) is 4.17. The minimum atomic E-state index is -0.328. The number of aryl methyl sites for hydroxylation is 1. The highest BCUT2D eigenvalue weighted by Crippen LogP contribution is 2.38. The topological polar surface area (TPSA) is 68.8 Å². The Hall–Kier alpha value is -2.32. The summed E-state index contributed by atoms with van der Waals surface area (Å²) in [5, 5.41) is 7.41. The number of carbonyl (C=O) groups excluding carboxylic acids is 1. The van der Waals surface area contributed by atoms with Crippen LogP contribution in [0.4, 0.5) is 10.7 Å². The summed E-state index contributed by atoms with van der Waals surface area (Å²) in [5.41, 5.74) is 2.45.